The number of benzene rings is 3. The zero-order valence-corrected chi connectivity index (χ0v) is 18.5. The maximum atomic E-state index is 13.3. The molecular weight excluding hydrogens is 408 g/mol. The molecule has 0 saturated carbocycles. The van der Waals surface area contributed by atoms with Crippen LogP contribution in [0.5, 0.6) is 5.75 Å². The van der Waals surface area contributed by atoms with Crippen LogP contribution in [0.4, 0.5) is 11.4 Å². The van der Waals surface area contributed by atoms with Crippen molar-refractivity contribution < 1.29 is 9.53 Å². The molecule has 0 atom stereocenters. The van der Waals surface area contributed by atoms with Crippen LogP contribution in [0.2, 0.25) is 0 Å². The van der Waals surface area contributed by atoms with Crippen molar-refractivity contribution >= 4 is 29.7 Å². The maximum absolute atomic E-state index is 13.3. The van der Waals surface area contributed by atoms with Gasteiger partial charge in [-0.05, 0) is 74.5 Å². The zero-order valence-electron chi connectivity index (χ0n) is 17.7. The van der Waals surface area contributed by atoms with Crippen LogP contribution >= 0.6 is 12.4 Å². The number of hydrogen-bond donors (Lipinski definition) is 0. The summed E-state index contributed by atoms with van der Waals surface area (Å²) >= 11 is 0. The molecule has 31 heavy (non-hydrogen) atoms. The third-order valence-corrected chi connectivity index (χ3v) is 5.46. The van der Waals surface area contributed by atoms with Crippen LogP contribution in [-0.2, 0) is 0 Å². The van der Waals surface area contributed by atoms with Crippen molar-refractivity contribution in [1.82, 2.24) is 4.90 Å². The molecule has 1 aliphatic rings. The van der Waals surface area contributed by atoms with Gasteiger partial charge in [-0.2, -0.15) is 0 Å². The summed E-state index contributed by atoms with van der Waals surface area (Å²) in [4.78, 5) is 17.5. The van der Waals surface area contributed by atoms with Gasteiger partial charge in [0.2, 0.25) is 0 Å². The Morgan fingerprint density at radius 1 is 0.774 bits per heavy atom. The second kappa shape index (κ2) is 11.5. The Labute approximate surface area is 190 Å². The van der Waals surface area contributed by atoms with Crippen molar-refractivity contribution in [3.05, 3.63) is 90.5 Å². The Balaban J connectivity index is 0.00000272. The van der Waals surface area contributed by atoms with E-state index < -0.39 is 0 Å². The first-order valence-corrected chi connectivity index (χ1v) is 10.7. The van der Waals surface area contributed by atoms with Gasteiger partial charge in [0.15, 0.2) is 0 Å². The molecule has 3 aromatic rings. The van der Waals surface area contributed by atoms with Crippen LogP contribution in [0, 0.1) is 0 Å². The van der Waals surface area contributed by atoms with Gasteiger partial charge in [0, 0.05) is 23.5 Å². The molecule has 1 saturated heterocycles. The molecule has 4 rings (SSSR count). The number of nitrogens with zero attached hydrogens (tertiary/aromatic N) is 2. The lowest BCUT2D eigenvalue weighted by Gasteiger charge is -2.26. The number of piperidine rings is 1. The number of carbonyl (C=O) groups excluding carboxylic acids is 1. The lowest BCUT2D eigenvalue weighted by molar-refractivity contribution is 0.0999. The molecular formula is C26H29ClN2O2. The summed E-state index contributed by atoms with van der Waals surface area (Å²) in [6, 6.07) is 26.9. The number of anilines is 2. The molecule has 0 spiro atoms. The highest BCUT2D eigenvalue weighted by atomic mass is 35.5. The van der Waals surface area contributed by atoms with Gasteiger partial charge in [-0.15, -0.1) is 12.4 Å². The third kappa shape index (κ3) is 6.09. The van der Waals surface area contributed by atoms with E-state index in [0.29, 0.717) is 12.2 Å². The zero-order chi connectivity index (χ0) is 20.6. The van der Waals surface area contributed by atoms with Crippen molar-refractivity contribution in [2.45, 2.75) is 19.3 Å². The van der Waals surface area contributed by atoms with Gasteiger partial charge in [-0.25, -0.2) is 0 Å². The first-order valence-electron chi connectivity index (χ1n) is 10.7. The molecule has 0 unspecified atom stereocenters. The van der Waals surface area contributed by atoms with E-state index >= 15 is 0 Å². The van der Waals surface area contributed by atoms with Gasteiger partial charge in [-0.1, -0.05) is 42.8 Å². The minimum atomic E-state index is -0.0550. The second-order valence-electron chi connectivity index (χ2n) is 7.59. The summed E-state index contributed by atoms with van der Waals surface area (Å²) in [6.45, 7) is 4.00. The highest BCUT2D eigenvalue weighted by Gasteiger charge is 2.19. The predicted molar refractivity (Wildman–Crippen MR) is 129 cm³/mol. The number of likely N-dealkylation sites (tertiary alicyclic amines) is 1. The van der Waals surface area contributed by atoms with Gasteiger partial charge in [0.1, 0.15) is 12.4 Å². The number of hydrogen-bond acceptors (Lipinski definition) is 3. The van der Waals surface area contributed by atoms with Crippen molar-refractivity contribution in [3.63, 3.8) is 0 Å². The topological polar surface area (TPSA) is 32.8 Å². The summed E-state index contributed by atoms with van der Waals surface area (Å²) in [5, 5.41) is 0. The highest BCUT2D eigenvalue weighted by molar-refractivity contribution is 6.10. The number of carbonyl (C=O) groups is 1. The van der Waals surface area contributed by atoms with E-state index in [-0.39, 0.29) is 18.3 Å². The number of halogens is 1. The Morgan fingerprint density at radius 2 is 1.35 bits per heavy atom. The van der Waals surface area contributed by atoms with Crippen LogP contribution in [0.3, 0.4) is 0 Å². The summed E-state index contributed by atoms with van der Waals surface area (Å²) in [5.74, 6) is 0.775. The Kier molecular flexibility index (Phi) is 8.51. The summed E-state index contributed by atoms with van der Waals surface area (Å²) in [6.07, 6.45) is 3.93. The number of rotatable bonds is 7. The summed E-state index contributed by atoms with van der Waals surface area (Å²) in [5.41, 5.74) is 2.31. The van der Waals surface area contributed by atoms with E-state index in [2.05, 4.69) is 4.90 Å². The van der Waals surface area contributed by atoms with Gasteiger partial charge >= 0.3 is 0 Å². The van der Waals surface area contributed by atoms with Crippen molar-refractivity contribution in [2.75, 3.05) is 31.1 Å². The lowest BCUT2D eigenvalue weighted by atomic mass is 10.1. The van der Waals surface area contributed by atoms with Gasteiger partial charge in [0.05, 0.1) is 0 Å². The Bertz CT molecular complexity index is 927. The monoisotopic (exact) mass is 436 g/mol. The van der Waals surface area contributed by atoms with Gasteiger partial charge in [0.25, 0.3) is 5.91 Å². The van der Waals surface area contributed by atoms with Crippen LogP contribution in [-0.4, -0.2) is 37.0 Å². The molecule has 162 valence electrons. The second-order valence-corrected chi connectivity index (χ2v) is 7.59. The fraction of sp³-hybridized carbons (Fsp3) is 0.269. The first kappa shape index (κ1) is 22.9. The summed E-state index contributed by atoms with van der Waals surface area (Å²) in [7, 11) is 0. The molecule has 0 N–H and O–H groups in total. The molecule has 1 amide bonds. The van der Waals surface area contributed by atoms with Gasteiger partial charge < -0.3 is 4.74 Å². The lowest BCUT2D eigenvalue weighted by Crippen LogP contribution is -2.33. The molecule has 5 heteroatoms. The molecule has 0 aromatic heterocycles. The van der Waals surface area contributed by atoms with Crippen molar-refractivity contribution in [2.24, 2.45) is 0 Å². The molecule has 4 nitrogen and oxygen atoms in total. The van der Waals surface area contributed by atoms with E-state index in [4.69, 9.17) is 4.74 Å². The van der Waals surface area contributed by atoms with Crippen molar-refractivity contribution in [3.8, 4) is 5.75 Å². The minimum absolute atomic E-state index is 0. The van der Waals surface area contributed by atoms with E-state index in [1.807, 2.05) is 84.9 Å². The predicted octanol–water partition coefficient (Wildman–Crippen LogP) is 5.95. The van der Waals surface area contributed by atoms with Crippen molar-refractivity contribution in [1.29, 1.82) is 0 Å². The van der Waals surface area contributed by atoms with Crippen LogP contribution in [0.1, 0.15) is 29.6 Å². The van der Waals surface area contributed by atoms with Gasteiger partial charge in [-0.3, -0.25) is 14.6 Å². The standard InChI is InChI=1S/C26H28N2O2.ClH/c29-26(22-10-4-1-5-11-22)28(23-12-6-2-7-13-23)24-14-16-25(17-15-24)30-21-20-27-18-8-3-9-19-27;/h1-2,4-7,10-17H,3,8-9,18-21H2;1H. The van der Waals surface area contributed by atoms with E-state index in [9.17, 15) is 4.79 Å². The normalized spacial score (nSPS) is 13.8. The van der Waals surface area contributed by atoms with E-state index in [1.165, 1.54) is 32.4 Å². The molecule has 1 aliphatic heterocycles. The fourth-order valence-corrected chi connectivity index (χ4v) is 3.84. The van der Waals surface area contributed by atoms with Crippen LogP contribution in [0.25, 0.3) is 0 Å². The average Bonchev–Trinajstić information content (AvgIpc) is 2.82. The maximum Gasteiger partial charge on any atom is 0.262 e. The first-order chi connectivity index (χ1) is 14.8. The molecule has 0 aliphatic carbocycles. The average molecular weight is 437 g/mol. The molecule has 0 radical (unpaired) electrons. The Hall–Kier alpha value is -2.82. The fourth-order valence-electron chi connectivity index (χ4n) is 3.84. The van der Waals surface area contributed by atoms with Crippen LogP contribution < -0.4 is 9.64 Å². The minimum Gasteiger partial charge on any atom is -0.492 e. The number of para-hydroxylation sites is 1. The smallest absolute Gasteiger partial charge is 0.262 e. The molecule has 1 fully saturated rings. The van der Waals surface area contributed by atoms with E-state index in [1.54, 1.807) is 4.90 Å². The number of amides is 1. The molecule has 0 bridgehead atoms. The summed E-state index contributed by atoms with van der Waals surface area (Å²) < 4.78 is 5.95. The largest absolute Gasteiger partial charge is 0.492 e. The van der Waals surface area contributed by atoms with Crippen LogP contribution in [0.15, 0.2) is 84.9 Å². The molecule has 1 heterocycles. The molecule has 3 aromatic carbocycles. The van der Waals surface area contributed by atoms with E-state index in [0.717, 1.165) is 23.7 Å². The Morgan fingerprint density at radius 3 is 2.00 bits per heavy atom. The highest BCUT2D eigenvalue weighted by Crippen LogP contribution is 2.29. The third-order valence-electron chi connectivity index (χ3n) is 5.46. The SMILES string of the molecule is Cl.O=C(c1ccccc1)N(c1ccccc1)c1ccc(OCCN2CCCCC2)cc1. The quantitative estimate of drug-likeness (QED) is 0.458. The number of ether oxygens (including phenoxy) is 1.